The minimum Gasteiger partial charge on any atom is -0.475 e. The van der Waals surface area contributed by atoms with Crippen molar-refractivity contribution in [2.75, 3.05) is 12.4 Å². The Balaban J connectivity index is 0.000000587. The third-order valence-electron chi connectivity index (χ3n) is 4.82. The molecule has 0 bridgehead atoms. The van der Waals surface area contributed by atoms with Crippen molar-refractivity contribution in [3.63, 3.8) is 0 Å². The lowest BCUT2D eigenvalue weighted by atomic mass is 10.2. The van der Waals surface area contributed by atoms with E-state index in [4.69, 9.17) is 26.2 Å². The fraction of sp³-hybridized carbons (Fsp3) is 0.125. The molecule has 0 atom stereocenters. The van der Waals surface area contributed by atoms with E-state index in [1.165, 1.54) is 25.4 Å². The van der Waals surface area contributed by atoms with Gasteiger partial charge in [-0.15, -0.1) is 10.2 Å². The summed E-state index contributed by atoms with van der Waals surface area (Å²) < 4.78 is 76.7. The van der Waals surface area contributed by atoms with Crippen LogP contribution in [0.25, 0.3) is 11.4 Å². The van der Waals surface area contributed by atoms with E-state index in [1.54, 1.807) is 30.3 Å². The zero-order valence-corrected chi connectivity index (χ0v) is 21.2. The van der Waals surface area contributed by atoms with Crippen molar-refractivity contribution in [3.8, 4) is 22.9 Å². The summed E-state index contributed by atoms with van der Waals surface area (Å²) in [6.07, 6.45) is -8.19. The van der Waals surface area contributed by atoms with Crippen molar-refractivity contribution in [2.24, 2.45) is 0 Å². The summed E-state index contributed by atoms with van der Waals surface area (Å²) in [5.74, 6) is -1.59. The Labute approximate surface area is 231 Å². The second kappa shape index (κ2) is 12.5. The number of nitrogens with one attached hydrogen (secondary N) is 3. The Kier molecular flexibility index (Phi) is 9.39. The lowest BCUT2D eigenvalue weighted by molar-refractivity contribution is -0.192. The fourth-order valence-electron chi connectivity index (χ4n) is 2.95. The highest BCUT2D eigenvalue weighted by Crippen LogP contribution is 2.36. The van der Waals surface area contributed by atoms with E-state index in [1.807, 2.05) is 0 Å². The molecular weight excluding hydrogens is 586 g/mol. The standard InChI is InChI=1S/C22H16ClF3N6O2.C2HF3O2/c1-27-20(33)18-11-15(8-9-28-18)34-14-5-2-12(3-6-14)19-30-21(32-31-19)29-13-4-7-17(23)16(10-13)22(24,25)26;3-2(4,5)1(6)7/h2-11H,1H3,(H,27,33)(H2,29,30,31,32);(H,6,7). The summed E-state index contributed by atoms with van der Waals surface area (Å²) in [7, 11) is 1.51. The van der Waals surface area contributed by atoms with Crippen LogP contribution in [0.4, 0.5) is 38.0 Å². The first-order chi connectivity index (χ1) is 19.2. The quantitative estimate of drug-likeness (QED) is 0.195. The Morgan fingerprint density at radius 3 is 2.20 bits per heavy atom. The molecule has 17 heteroatoms. The van der Waals surface area contributed by atoms with Gasteiger partial charge < -0.3 is 25.5 Å². The molecule has 2 heterocycles. The van der Waals surface area contributed by atoms with Crippen LogP contribution >= 0.6 is 11.6 Å². The Bertz CT molecular complexity index is 1530. The van der Waals surface area contributed by atoms with Gasteiger partial charge in [-0.3, -0.25) is 9.78 Å². The second-order valence-electron chi connectivity index (χ2n) is 7.72. The van der Waals surface area contributed by atoms with Gasteiger partial charge in [0.15, 0.2) is 5.82 Å². The van der Waals surface area contributed by atoms with E-state index >= 15 is 0 Å². The van der Waals surface area contributed by atoms with E-state index in [0.29, 0.717) is 22.9 Å². The maximum Gasteiger partial charge on any atom is 0.490 e. The predicted octanol–water partition coefficient (Wildman–Crippen LogP) is 6.07. The zero-order chi connectivity index (χ0) is 30.4. The van der Waals surface area contributed by atoms with Gasteiger partial charge in [-0.1, -0.05) is 11.6 Å². The number of carbonyl (C=O) groups is 2. The maximum absolute atomic E-state index is 13.1. The molecule has 2 aromatic heterocycles. The number of nitrogens with zero attached hydrogens (tertiary/aromatic N) is 3. The SMILES string of the molecule is CNC(=O)c1cc(Oc2ccc(-c3nnc(Nc4ccc(Cl)c(C(F)(F)F)c4)[nH]3)cc2)ccn1.O=C(O)C(F)(F)F. The number of H-pyrrole nitrogens is 1. The predicted molar refractivity (Wildman–Crippen MR) is 133 cm³/mol. The number of ether oxygens (including phenoxy) is 1. The number of rotatable bonds is 6. The Hall–Kier alpha value is -4.86. The largest absolute Gasteiger partial charge is 0.490 e. The first kappa shape index (κ1) is 30.7. The molecule has 216 valence electrons. The minimum absolute atomic E-state index is 0.150. The Morgan fingerprint density at radius 2 is 1.61 bits per heavy atom. The van der Waals surface area contributed by atoms with E-state index < -0.39 is 28.9 Å². The van der Waals surface area contributed by atoms with Crippen LogP contribution in [-0.2, 0) is 11.0 Å². The average Bonchev–Trinajstić information content (AvgIpc) is 3.37. The normalized spacial score (nSPS) is 11.2. The van der Waals surface area contributed by atoms with Crippen LogP contribution in [0.5, 0.6) is 11.5 Å². The molecule has 10 nitrogen and oxygen atoms in total. The molecule has 4 N–H and O–H groups in total. The van der Waals surface area contributed by atoms with Gasteiger partial charge in [0.2, 0.25) is 5.95 Å². The van der Waals surface area contributed by atoms with Gasteiger partial charge >= 0.3 is 18.3 Å². The van der Waals surface area contributed by atoms with Crippen LogP contribution in [0.15, 0.2) is 60.8 Å². The third-order valence-corrected chi connectivity index (χ3v) is 5.15. The van der Waals surface area contributed by atoms with Crippen LogP contribution in [0, 0.1) is 0 Å². The molecule has 0 saturated heterocycles. The van der Waals surface area contributed by atoms with Crippen molar-refractivity contribution in [1.29, 1.82) is 0 Å². The van der Waals surface area contributed by atoms with Crippen molar-refractivity contribution in [1.82, 2.24) is 25.5 Å². The van der Waals surface area contributed by atoms with Gasteiger partial charge in [0.25, 0.3) is 5.91 Å². The zero-order valence-electron chi connectivity index (χ0n) is 20.4. The number of carboxylic acids is 1. The maximum atomic E-state index is 13.1. The number of carboxylic acid groups (broad SMARTS) is 1. The van der Waals surface area contributed by atoms with Crippen LogP contribution in [0.1, 0.15) is 16.1 Å². The Morgan fingerprint density at radius 1 is 0.951 bits per heavy atom. The highest BCUT2D eigenvalue weighted by molar-refractivity contribution is 6.31. The summed E-state index contributed by atoms with van der Waals surface area (Å²) in [5, 5.41) is 19.9. The summed E-state index contributed by atoms with van der Waals surface area (Å²) >= 11 is 5.65. The van der Waals surface area contributed by atoms with E-state index in [-0.39, 0.29) is 23.2 Å². The summed E-state index contributed by atoms with van der Waals surface area (Å²) in [6, 6.07) is 13.4. The molecule has 0 spiro atoms. The number of anilines is 2. The minimum atomic E-state index is -5.08. The van der Waals surface area contributed by atoms with Gasteiger partial charge in [-0.25, -0.2) is 4.79 Å². The van der Waals surface area contributed by atoms with Crippen molar-refractivity contribution >= 4 is 35.1 Å². The number of benzene rings is 2. The molecule has 4 rings (SSSR count). The third kappa shape index (κ3) is 8.56. The van der Waals surface area contributed by atoms with Gasteiger partial charge in [-0.2, -0.15) is 26.3 Å². The molecule has 0 aliphatic carbocycles. The summed E-state index contributed by atoms with van der Waals surface area (Å²) in [4.78, 5) is 27.5. The molecule has 0 radical (unpaired) electrons. The summed E-state index contributed by atoms with van der Waals surface area (Å²) in [5.41, 5.74) is 0.0879. The second-order valence-corrected chi connectivity index (χ2v) is 8.13. The first-order valence-corrected chi connectivity index (χ1v) is 11.4. The van der Waals surface area contributed by atoms with Crippen molar-refractivity contribution in [2.45, 2.75) is 12.4 Å². The highest BCUT2D eigenvalue weighted by Gasteiger charge is 2.38. The smallest absolute Gasteiger partial charge is 0.475 e. The number of pyridine rings is 1. The molecular formula is C24H17ClF6N6O4. The van der Waals surface area contributed by atoms with E-state index in [9.17, 15) is 31.1 Å². The number of aliphatic carboxylic acids is 1. The summed E-state index contributed by atoms with van der Waals surface area (Å²) in [6.45, 7) is 0. The molecule has 1 amide bonds. The number of aromatic nitrogens is 4. The van der Waals surface area contributed by atoms with Gasteiger partial charge in [0, 0.05) is 30.6 Å². The number of alkyl halides is 6. The van der Waals surface area contributed by atoms with Gasteiger partial charge in [0.05, 0.1) is 10.6 Å². The number of aromatic amines is 1. The first-order valence-electron chi connectivity index (χ1n) is 11.0. The van der Waals surface area contributed by atoms with Crippen molar-refractivity contribution in [3.05, 3.63) is 77.1 Å². The average molecular weight is 603 g/mol. The van der Waals surface area contributed by atoms with E-state index in [0.717, 1.165) is 12.1 Å². The topological polar surface area (TPSA) is 142 Å². The molecule has 0 saturated carbocycles. The number of hydrogen-bond donors (Lipinski definition) is 4. The van der Waals surface area contributed by atoms with E-state index in [2.05, 4.69) is 30.8 Å². The monoisotopic (exact) mass is 602 g/mol. The molecule has 2 aromatic carbocycles. The van der Waals surface area contributed by atoms with Gasteiger partial charge in [-0.05, 0) is 48.5 Å². The molecule has 4 aromatic rings. The van der Waals surface area contributed by atoms with Crippen molar-refractivity contribution < 1.29 is 45.8 Å². The van der Waals surface area contributed by atoms with Crippen LogP contribution < -0.4 is 15.4 Å². The fourth-order valence-corrected chi connectivity index (χ4v) is 3.17. The van der Waals surface area contributed by atoms with Crippen LogP contribution in [-0.4, -0.2) is 50.4 Å². The molecule has 0 aliphatic rings. The number of halogens is 7. The number of hydrogen-bond acceptors (Lipinski definition) is 7. The van der Waals surface area contributed by atoms with Gasteiger partial charge in [0.1, 0.15) is 17.2 Å². The lowest BCUT2D eigenvalue weighted by Gasteiger charge is -2.11. The highest BCUT2D eigenvalue weighted by atomic mass is 35.5. The molecule has 0 aliphatic heterocycles. The number of amides is 1. The molecule has 41 heavy (non-hydrogen) atoms. The van der Waals surface area contributed by atoms with Crippen LogP contribution in [0.3, 0.4) is 0 Å². The number of carbonyl (C=O) groups excluding carboxylic acids is 1. The molecule has 0 unspecified atom stereocenters. The molecule has 0 fully saturated rings. The lowest BCUT2D eigenvalue weighted by Crippen LogP contribution is -2.21. The van der Waals surface area contributed by atoms with Crippen LogP contribution in [0.2, 0.25) is 5.02 Å².